The van der Waals surface area contributed by atoms with E-state index in [-0.39, 0.29) is 24.3 Å². The first-order chi connectivity index (χ1) is 9.70. The molecule has 6 heteroatoms. The molecule has 2 fully saturated rings. The van der Waals surface area contributed by atoms with E-state index in [2.05, 4.69) is 5.32 Å². The van der Waals surface area contributed by atoms with E-state index < -0.39 is 0 Å². The Morgan fingerprint density at radius 2 is 1.70 bits per heavy atom. The van der Waals surface area contributed by atoms with Crippen molar-refractivity contribution in [1.29, 1.82) is 0 Å². The third kappa shape index (κ3) is 3.95. The van der Waals surface area contributed by atoms with Gasteiger partial charge in [-0.05, 0) is 12.8 Å². The molecule has 1 saturated carbocycles. The van der Waals surface area contributed by atoms with Crippen molar-refractivity contribution in [2.75, 3.05) is 32.7 Å². The van der Waals surface area contributed by atoms with Crippen molar-refractivity contribution >= 4 is 18.2 Å². The molecule has 2 aliphatic rings. The predicted octanol–water partition coefficient (Wildman–Crippen LogP) is -0.0165. The average Bonchev–Trinajstić information content (AvgIpc) is 2.53. The Balaban J connectivity index is 1.69. The number of rotatable bonds is 4. The van der Waals surface area contributed by atoms with Crippen molar-refractivity contribution in [1.82, 2.24) is 15.1 Å². The Labute approximate surface area is 119 Å². The molecule has 1 saturated heterocycles. The zero-order valence-electron chi connectivity index (χ0n) is 11.8. The van der Waals surface area contributed by atoms with Crippen LogP contribution in [0.25, 0.3) is 0 Å². The Bertz CT molecular complexity index is 359. The number of amides is 3. The summed E-state index contributed by atoms with van der Waals surface area (Å²) < 4.78 is 0. The molecule has 1 heterocycles. The van der Waals surface area contributed by atoms with E-state index in [0.29, 0.717) is 26.2 Å². The van der Waals surface area contributed by atoms with Crippen LogP contribution in [0.5, 0.6) is 0 Å². The van der Waals surface area contributed by atoms with E-state index in [0.717, 1.165) is 32.1 Å². The highest BCUT2D eigenvalue weighted by Crippen LogP contribution is 2.23. The summed E-state index contributed by atoms with van der Waals surface area (Å²) in [6.07, 6.45) is 6.13. The summed E-state index contributed by atoms with van der Waals surface area (Å²) in [5, 5.41) is 2.76. The van der Waals surface area contributed by atoms with Crippen LogP contribution in [0.1, 0.15) is 32.1 Å². The highest BCUT2D eigenvalue weighted by atomic mass is 16.2. The van der Waals surface area contributed by atoms with Gasteiger partial charge >= 0.3 is 0 Å². The van der Waals surface area contributed by atoms with E-state index in [1.165, 1.54) is 6.42 Å². The predicted molar refractivity (Wildman–Crippen MR) is 73.8 cm³/mol. The Morgan fingerprint density at radius 3 is 2.30 bits per heavy atom. The van der Waals surface area contributed by atoms with E-state index in [1.54, 1.807) is 9.80 Å². The second-order valence-electron chi connectivity index (χ2n) is 5.57. The Morgan fingerprint density at radius 1 is 1.05 bits per heavy atom. The van der Waals surface area contributed by atoms with Gasteiger partial charge in [-0.2, -0.15) is 0 Å². The quantitative estimate of drug-likeness (QED) is 0.737. The monoisotopic (exact) mass is 281 g/mol. The van der Waals surface area contributed by atoms with E-state index in [9.17, 15) is 14.4 Å². The number of carbonyl (C=O) groups is 3. The molecule has 2 rings (SSSR count). The van der Waals surface area contributed by atoms with Crippen molar-refractivity contribution in [2.45, 2.75) is 32.1 Å². The van der Waals surface area contributed by atoms with Gasteiger partial charge in [0, 0.05) is 32.1 Å². The number of nitrogens with one attached hydrogen (secondary N) is 1. The summed E-state index contributed by atoms with van der Waals surface area (Å²) in [6.45, 7) is 2.34. The fourth-order valence-electron chi connectivity index (χ4n) is 2.86. The molecule has 1 aliphatic heterocycles. The first-order valence-electron chi connectivity index (χ1n) is 7.45. The molecule has 0 bridgehead atoms. The Hall–Kier alpha value is -1.59. The smallest absolute Gasteiger partial charge is 0.242 e. The zero-order chi connectivity index (χ0) is 14.4. The molecule has 20 heavy (non-hydrogen) atoms. The third-order valence-corrected chi connectivity index (χ3v) is 4.21. The van der Waals surface area contributed by atoms with Crippen LogP contribution in [0, 0.1) is 5.92 Å². The minimum atomic E-state index is -0.0558. The lowest BCUT2D eigenvalue weighted by Crippen LogP contribution is -2.51. The molecular formula is C14H23N3O3. The molecule has 1 aliphatic carbocycles. The maximum Gasteiger partial charge on any atom is 0.242 e. The molecule has 0 atom stereocenters. The molecule has 0 aromatic rings. The van der Waals surface area contributed by atoms with Crippen LogP contribution < -0.4 is 5.32 Å². The van der Waals surface area contributed by atoms with E-state index >= 15 is 0 Å². The van der Waals surface area contributed by atoms with Crippen LogP contribution in [0.15, 0.2) is 0 Å². The van der Waals surface area contributed by atoms with Gasteiger partial charge in [0.05, 0.1) is 6.54 Å². The summed E-state index contributed by atoms with van der Waals surface area (Å²) in [7, 11) is 0. The number of nitrogens with zero attached hydrogens (tertiary/aromatic N) is 2. The molecule has 3 amide bonds. The summed E-state index contributed by atoms with van der Waals surface area (Å²) >= 11 is 0. The van der Waals surface area contributed by atoms with Gasteiger partial charge < -0.3 is 15.1 Å². The molecular weight excluding hydrogens is 258 g/mol. The van der Waals surface area contributed by atoms with Crippen molar-refractivity contribution in [3.8, 4) is 0 Å². The molecule has 1 N–H and O–H groups in total. The minimum absolute atomic E-state index is 0.0181. The highest BCUT2D eigenvalue weighted by Gasteiger charge is 2.23. The van der Waals surface area contributed by atoms with Gasteiger partial charge in [-0.3, -0.25) is 14.4 Å². The van der Waals surface area contributed by atoms with Gasteiger partial charge in [0.25, 0.3) is 0 Å². The lowest BCUT2D eigenvalue weighted by Gasteiger charge is -2.32. The number of piperazine rings is 1. The van der Waals surface area contributed by atoms with Gasteiger partial charge in [-0.25, -0.2) is 0 Å². The average molecular weight is 281 g/mol. The molecule has 0 radical (unpaired) electrons. The van der Waals surface area contributed by atoms with Gasteiger partial charge in [0.15, 0.2) is 0 Å². The molecule has 6 nitrogen and oxygen atoms in total. The second-order valence-corrected chi connectivity index (χ2v) is 5.57. The molecule has 0 aromatic heterocycles. The highest BCUT2D eigenvalue weighted by molar-refractivity contribution is 5.86. The lowest BCUT2D eigenvalue weighted by atomic mass is 9.89. The largest absolute Gasteiger partial charge is 0.347 e. The van der Waals surface area contributed by atoms with Gasteiger partial charge in [0.1, 0.15) is 0 Å². The lowest BCUT2D eigenvalue weighted by molar-refractivity contribution is -0.136. The van der Waals surface area contributed by atoms with Crippen LogP contribution in [-0.4, -0.2) is 60.7 Å². The first kappa shape index (κ1) is 14.8. The maximum atomic E-state index is 12.0. The van der Waals surface area contributed by atoms with Gasteiger partial charge in [0.2, 0.25) is 18.2 Å². The third-order valence-electron chi connectivity index (χ3n) is 4.21. The summed E-state index contributed by atoms with van der Waals surface area (Å²) in [6, 6.07) is 0. The second kappa shape index (κ2) is 7.26. The fourth-order valence-corrected chi connectivity index (χ4v) is 2.86. The minimum Gasteiger partial charge on any atom is -0.347 e. The summed E-state index contributed by atoms with van der Waals surface area (Å²) in [5.41, 5.74) is 0. The molecule has 0 aromatic carbocycles. The van der Waals surface area contributed by atoms with Crippen molar-refractivity contribution < 1.29 is 14.4 Å². The van der Waals surface area contributed by atoms with Crippen LogP contribution in [0.2, 0.25) is 0 Å². The number of carbonyl (C=O) groups excluding carboxylic acids is 3. The maximum absolute atomic E-state index is 12.0. The van der Waals surface area contributed by atoms with E-state index in [1.807, 2.05) is 0 Å². The zero-order valence-corrected chi connectivity index (χ0v) is 11.8. The summed E-state index contributed by atoms with van der Waals surface area (Å²) in [5.74, 6) is 0.0488. The molecule has 0 spiro atoms. The van der Waals surface area contributed by atoms with Crippen LogP contribution in [-0.2, 0) is 14.4 Å². The van der Waals surface area contributed by atoms with Crippen LogP contribution >= 0.6 is 0 Å². The SMILES string of the molecule is O=CN1CCN(C(=O)CNC(=O)C2CCCCC2)CC1. The van der Waals surface area contributed by atoms with Gasteiger partial charge in [-0.15, -0.1) is 0 Å². The fraction of sp³-hybridized carbons (Fsp3) is 0.786. The van der Waals surface area contributed by atoms with E-state index in [4.69, 9.17) is 0 Å². The molecule has 112 valence electrons. The number of hydrogen-bond donors (Lipinski definition) is 1. The van der Waals surface area contributed by atoms with Crippen molar-refractivity contribution in [3.63, 3.8) is 0 Å². The number of hydrogen-bond acceptors (Lipinski definition) is 3. The molecule has 0 unspecified atom stereocenters. The Kier molecular flexibility index (Phi) is 5.38. The van der Waals surface area contributed by atoms with Crippen molar-refractivity contribution in [3.05, 3.63) is 0 Å². The van der Waals surface area contributed by atoms with Crippen LogP contribution in [0.3, 0.4) is 0 Å². The van der Waals surface area contributed by atoms with Gasteiger partial charge in [-0.1, -0.05) is 19.3 Å². The normalized spacial score (nSPS) is 20.6. The topological polar surface area (TPSA) is 69.7 Å². The first-order valence-corrected chi connectivity index (χ1v) is 7.45. The standard InChI is InChI=1S/C14H23N3O3/c18-11-16-6-8-17(9-7-16)13(19)10-15-14(20)12-4-2-1-3-5-12/h11-12H,1-10H2,(H,15,20). The van der Waals surface area contributed by atoms with Crippen LogP contribution in [0.4, 0.5) is 0 Å². The van der Waals surface area contributed by atoms with Crippen molar-refractivity contribution in [2.24, 2.45) is 5.92 Å². The summed E-state index contributed by atoms with van der Waals surface area (Å²) in [4.78, 5) is 37.9.